The summed E-state index contributed by atoms with van der Waals surface area (Å²) in [4.78, 5) is 5.16. The second kappa shape index (κ2) is 9.12. The normalized spacial score (nSPS) is 15.9. The summed E-state index contributed by atoms with van der Waals surface area (Å²) in [5, 5.41) is 0. The highest BCUT2D eigenvalue weighted by molar-refractivity contribution is 5.66. The lowest BCUT2D eigenvalue weighted by Crippen LogP contribution is -2.47. The van der Waals surface area contributed by atoms with E-state index in [1.807, 2.05) is 0 Å². The largest absolute Gasteiger partial charge is 0.399 e. The van der Waals surface area contributed by atoms with Gasteiger partial charge >= 0.3 is 0 Å². The zero-order valence-electron chi connectivity index (χ0n) is 15.9. The van der Waals surface area contributed by atoms with Gasteiger partial charge in [0.2, 0.25) is 0 Å². The zero-order chi connectivity index (χ0) is 17.5. The number of benzene rings is 1. The van der Waals surface area contributed by atoms with Crippen LogP contribution in [0, 0.1) is 12.8 Å². The molecule has 1 heterocycles. The quantitative estimate of drug-likeness (QED) is 0.773. The van der Waals surface area contributed by atoms with Crippen LogP contribution >= 0.6 is 0 Å². The van der Waals surface area contributed by atoms with Gasteiger partial charge in [0.25, 0.3) is 0 Å². The van der Waals surface area contributed by atoms with Crippen LogP contribution in [0.25, 0.3) is 5.70 Å². The van der Waals surface area contributed by atoms with Gasteiger partial charge in [-0.15, -0.1) is 0 Å². The van der Waals surface area contributed by atoms with Crippen molar-refractivity contribution < 1.29 is 0 Å². The molecule has 0 aromatic heterocycles. The van der Waals surface area contributed by atoms with Gasteiger partial charge in [-0.3, -0.25) is 4.90 Å². The van der Waals surface area contributed by atoms with Crippen molar-refractivity contribution >= 4 is 11.4 Å². The molecule has 0 radical (unpaired) electrons. The molecule has 0 amide bonds. The Bertz CT molecular complexity index is 524. The molecule has 1 aliphatic heterocycles. The summed E-state index contributed by atoms with van der Waals surface area (Å²) in [7, 11) is 0. The van der Waals surface area contributed by atoms with Crippen LogP contribution in [0.3, 0.4) is 0 Å². The van der Waals surface area contributed by atoms with Gasteiger partial charge in [-0.1, -0.05) is 39.3 Å². The first-order valence-corrected chi connectivity index (χ1v) is 9.57. The van der Waals surface area contributed by atoms with Crippen LogP contribution in [0.5, 0.6) is 0 Å². The van der Waals surface area contributed by atoms with E-state index in [-0.39, 0.29) is 0 Å². The molecule has 0 aliphatic carbocycles. The Balaban J connectivity index is 1.90. The van der Waals surface area contributed by atoms with E-state index in [0.717, 1.165) is 24.6 Å². The average Bonchev–Trinajstić information content (AvgIpc) is 2.55. The van der Waals surface area contributed by atoms with Crippen LogP contribution in [0.1, 0.15) is 50.7 Å². The smallest absolute Gasteiger partial charge is 0.0370 e. The van der Waals surface area contributed by atoms with E-state index >= 15 is 0 Å². The van der Waals surface area contributed by atoms with E-state index < -0.39 is 0 Å². The summed E-state index contributed by atoms with van der Waals surface area (Å²) in [5.41, 5.74) is 10.1. The number of rotatable bonds is 8. The first-order chi connectivity index (χ1) is 11.5. The second-order valence-corrected chi connectivity index (χ2v) is 7.26. The maximum atomic E-state index is 5.84. The molecule has 3 nitrogen and oxygen atoms in total. The minimum atomic E-state index is 0.654. The third-order valence-corrected chi connectivity index (χ3v) is 5.20. The fourth-order valence-corrected chi connectivity index (χ4v) is 3.90. The summed E-state index contributed by atoms with van der Waals surface area (Å²) in [6.07, 6.45) is 5.36. The summed E-state index contributed by atoms with van der Waals surface area (Å²) in [6.45, 7) is 16.5. The maximum absolute atomic E-state index is 5.84. The molecule has 134 valence electrons. The van der Waals surface area contributed by atoms with E-state index in [1.54, 1.807) is 0 Å². The summed E-state index contributed by atoms with van der Waals surface area (Å²) in [6, 6.07) is 6.55. The first-order valence-electron chi connectivity index (χ1n) is 9.57. The van der Waals surface area contributed by atoms with Gasteiger partial charge in [-0.25, -0.2) is 0 Å². The number of hydrogen-bond donors (Lipinski definition) is 1. The monoisotopic (exact) mass is 329 g/mol. The Morgan fingerprint density at radius 3 is 2.25 bits per heavy atom. The molecule has 1 fully saturated rings. The molecule has 0 unspecified atom stereocenters. The molecule has 2 N–H and O–H groups in total. The lowest BCUT2D eigenvalue weighted by atomic mass is 9.97. The highest BCUT2D eigenvalue weighted by Gasteiger charge is 2.20. The Kier molecular flexibility index (Phi) is 7.16. The molecule has 1 aliphatic rings. The standard InChI is InChI=1S/C21H35N3/c1-5-7-19(8-6-2)16-23-11-13-24(14-12-23)20-9-10-21(18(4)22)17(3)15-20/h9-10,15,19H,4-8,11-14,16,22H2,1-3H3. The summed E-state index contributed by atoms with van der Waals surface area (Å²) in [5.74, 6) is 0.878. The molecule has 2 rings (SSSR count). The molecule has 1 saturated heterocycles. The Morgan fingerprint density at radius 1 is 1.12 bits per heavy atom. The minimum Gasteiger partial charge on any atom is -0.399 e. The fraction of sp³-hybridized carbons (Fsp3) is 0.619. The van der Waals surface area contributed by atoms with Crippen molar-refractivity contribution in [3.63, 3.8) is 0 Å². The molecule has 3 heteroatoms. The van der Waals surface area contributed by atoms with E-state index in [2.05, 4.69) is 55.3 Å². The van der Waals surface area contributed by atoms with Crippen LogP contribution in [0.15, 0.2) is 24.8 Å². The van der Waals surface area contributed by atoms with E-state index in [9.17, 15) is 0 Å². The van der Waals surface area contributed by atoms with Crippen LogP contribution in [0.4, 0.5) is 5.69 Å². The lowest BCUT2D eigenvalue weighted by Gasteiger charge is -2.38. The number of nitrogens with zero attached hydrogens (tertiary/aromatic N) is 2. The Hall–Kier alpha value is -1.48. The molecule has 0 spiro atoms. The molecule has 24 heavy (non-hydrogen) atoms. The van der Waals surface area contributed by atoms with Crippen molar-refractivity contribution in [2.75, 3.05) is 37.6 Å². The van der Waals surface area contributed by atoms with Crippen molar-refractivity contribution in [1.82, 2.24) is 4.90 Å². The van der Waals surface area contributed by atoms with Crippen LogP contribution in [0.2, 0.25) is 0 Å². The van der Waals surface area contributed by atoms with Gasteiger partial charge in [-0.2, -0.15) is 0 Å². The van der Waals surface area contributed by atoms with Gasteiger partial charge in [0.15, 0.2) is 0 Å². The number of aryl methyl sites for hydroxylation is 1. The van der Waals surface area contributed by atoms with Gasteiger partial charge in [0.1, 0.15) is 0 Å². The summed E-state index contributed by atoms with van der Waals surface area (Å²) >= 11 is 0. The van der Waals surface area contributed by atoms with E-state index in [0.29, 0.717) is 5.70 Å². The Labute approximate surface area is 148 Å². The van der Waals surface area contributed by atoms with E-state index in [1.165, 1.54) is 56.6 Å². The lowest BCUT2D eigenvalue weighted by molar-refractivity contribution is 0.206. The molecular weight excluding hydrogens is 294 g/mol. The van der Waals surface area contributed by atoms with E-state index in [4.69, 9.17) is 5.73 Å². The van der Waals surface area contributed by atoms with Crippen molar-refractivity contribution in [3.05, 3.63) is 35.9 Å². The summed E-state index contributed by atoms with van der Waals surface area (Å²) < 4.78 is 0. The Morgan fingerprint density at radius 2 is 1.75 bits per heavy atom. The van der Waals surface area contributed by atoms with Crippen molar-refractivity contribution in [3.8, 4) is 0 Å². The molecule has 1 aromatic rings. The number of hydrogen-bond acceptors (Lipinski definition) is 3. The van der Waals surface area contributed by atoms with Crippen LogP contribution in [-0.2, 0) is 0 Å². The molecule has 0 atom stereocenters. The maximum Gasteiger partial charge on any atom is 0.0370 e. The van der Waals surface area contributed by atoms with Crippen molar-refractivity contribution in [2.24, 2.45) is 11.7 Å². The predicted octanol–water partition coefficient (Wildman–Crippen LogP) is 4.26. The molecule has 1 aromatic carbocycles. The third-order valence-electron chi connectivity index (χ3n) is 5.20. The van der Waals surface area contributed by atoms with Crippen LogP contribution in [-0.4, -0.2) is 37.6 Å². The topological polar surface area (TPSA) is 32.5 Å². The van der Waals surface area contributed by atoms with Crippen molar-refractivity contribution in [1.29, 1.82) is 0 Å². The molecular formula is C21H35N3. The fourth-order valence-electron chi connectivity index (χ4n) is 3.90. The highest BCUT2D eigenvalue weighted by atomic mass is 15.3. The highest BCUT2D eigenvalue weighted by Crippen LogP contribution is 2.23. The predicted molar refractivity (Wildman–Crippen MR) is 106 cm³/mol. The van der Waals surface area contributed by atoms with Gasteiger partial charge in [0, 0.05) is 44.1 Å². The van der Waals surface area contributed by atoms with Gasteiger partial charge in [0.05, 0.1) is 0 Å². The first kappa shape index (κ1) is 18.9. The SMILES string of the molecule is C=C(N)c1ccc(N2CCN(CC(CCC)CCC)CC2)cc1C. The van der Waals surface area contributed by atoms with Crippen molar-refractivity contribution in [2.45, 2.75) is 46.5 Å². The molecule has 0 bridgehead atoms. The average molecular weight is 330 g/mol. The third kappa shape index (κ3) is 5.01. The minimum absolute atomic E-state index is 0.654. The molecule has 0 saturated carbocycles. The number of nitrogens with two attached hydrogens (primary N) is 1. The number of anilines is 1. The van der Waals surface area contributed by atoms with Gasteiger partial charge < -0.3 is 10.6 Å². The van der Waals surface area contributed by atoms with Gasteiger partial charge in [-0.05, 0) is 48.9 Å². The number of piperazine rings is 1. The van der Waals surface area contributed by atoms with Crippen LogP contribution < -0.4 is 10.6 Å². The second-order valence-electron chi connectivity index (χ2n) is 7.26. The zero-order valence-corrected chi connectivity index (χ0v) is 15.9.